The lowest BCUT2D eigenvalue weighted by Gasteiger charge is -2.32. The summed E-state index contributed by atoms with van der Waals surface area (Å²) >= 11 is 0. The van der Waals surface area contributed by atoms with E-state index < -0.39 is 16.2 Å². The molecule has 1 aliphatic heterocycles. The first-order valence-corrected chi connectivity index (χ1v) is 8.36. The predicted octanol–water partition coefficient (Wildman–Crippen LogP) is 2.00. The molecule has 1 fully saturated rings. The van der Waals surface area contributed by atoms with Crippen molar-refractivity contribution in [3.8, 4) is 0 Å². The standard InChI is InChI=1S/C14H20N2O4S/c1-11-5-3-4-10-16(11)21(18,19)15-13-8-6-12(7-9-13)14(17)20-2/h6-9,11,15H,3-5,10H2,1-2H3. The third-order valence-electron chi connectivity index (χ3n) is 3.60. The Balaban J connectivity index is 2.11. The molecule has 0 saturated carbocycles. The van der Waals surface area contributed by atoms with Crippen molar-refractivity contribution in [1.82, 2.24) is 4.31 Å². The van der Waals surface area contributed by atoms with E-state index in [1.165, 1.54) is 23.5 Å². The molecule has 1 heterocycles. The number of nitrogens with one attached hydrogen (secondary N) is 1. The Labute approximate surface area is 125 Å². The van der Waals surface area contributed by atoms with Crippen molar-refractivity contribution in [2.75, 3.05) is 18.4 Å². The average molecular weight is 312 g/mol. The van der Waals surface area contributed by atoms with E-state index in [2.05, 4.69) is 9.46 Å². The van der Waals surface area contributed by atoms with Crippen molar-refractivity contribution in [3.05, 3.63) is 29.8 Å². The number of anilines is 1. The SMILES string of the molecule is COC(=O)c1ccc(NS(=O)(=O)N2CCCCC2C)cc1. The second-order valence-corrected chi connectivity index (χ2v) is 6.75. The van der Waals surface area contributed by atoms with Gasteiger partial charge in [-0.25, -0.2) is 4.79 Å². The minimum Gasteiger partial charge on any atom is -0.465 e. The smallest absolute Gasteiger partial charge is 0.337 e. The van der Waals surface area contributed by atoms with Gasteiger partial charge in [-0.3, -0.25) is 4.72 Å². The van der Waals surface area contributed by atoms with E-state index in [1.54, 1.807) is 12.1 Å². The van der Waals surface area contributed by atoms with Gasteiger partial charge in [-0.15, -0.1) is 0 Å². The Bertz CT molecular complexity index is 598. The highest BCUT2D eigenvalue weighted by Gasteiger charge is 2.29. The van der Waals surface area contributed by atoms with Gasteiger partial charge in [0, 0.05) is 18.3 Å². The number of hydrogen-bond acceptors (Lipinski definition) is 4. The Kier molecular flexibility index (Phi) is 4.84. The van der Waals surface area contributed by atoms with Crippen LogP contribution in [0.3, 0.4) is 0 Å². The fourth-order valence-electron chi connectivity index (χ4n) is 2.43. The van der Waals surface area contributed by atoms with Crippen molar-refractivity contribution in [2.24, 2.45) is 0 Å². The maximum Gasteiger partial charge on any atom is 0.337 e. The van der Waals surface area contributed by atoms with Crippen LogP contribution in [0.4, 0.5) is 5.69 Å². The number of nitrogens with zero attached hydrogens (tertiary/aromatic N) is 1. The number of hydrogen-bond donors (Lipinski definition) is 1. The largest absolute Gasteiger partial charge is 0.465 e. The first-order valence-electron chi connectivity index (χ1n) is 6.92. The number of carbonyl (C=O) groups excluding carboxylic acids is 1. The molecule has 0 aliphatic carbocycles. The van der Waals surface area contributed by atoms with E-state index in [9.17, 15) is 13.2 Å². The van der Waals surface area contributed by atoms with E-state index in [4.69, 9.17) is 0 Å². The van der Waals surface area contributed by atoms with E-state index >= 15 is 0 Å². The van der Waals surface area contributed by atoms with Gasteiger partial charge in [-0.05, 0) is 44.0 Å². The minimum absolute atomic E-state index is 0.00518. The number of ether oxygens (including phenoxy) is 1. The fraction of sp³-hybridized carbons (Fsp3) is 0.500. The summed E-state index contributed by atoms with van der Waals surface area (Å²) in [5, 5.41) is 0. The molecule has 1 aliphatic rings. The summed E-state index contributed by atoms with van der Waals surface area (Å²) < 4.78 is 33.4. The number of piperidine rings is 1. The monoisotopic (exact) mass is 312 g/mol. The van der Waals surface area contributed by atoms with Crippen LogP contribution in [0.15, 0.2) is 24.3 Å². The third-order valence-corrected chi connectivity index (χ3v) is 5.26. The van der Waals surface area contributed by atoms with E-state index in [1.807, 2.05) is 6.92 Å². The van der Waals surface area contributed by atoms with Gasteiger partial charge in [-0.2, -0.15) is 12.7 Å². The summed E-state index contributed by atoms with van der Waals surface area (Å²) in [6.45, 7) is 2.45. The third kappa shape index (κ3) is 3.74. The van der Waals surface area contributed by atoms with Crippen molar-refractivity contribution in [2.45, 2.75) is 32.2 Å². The summed E-state index contributed by atoms with van der Waals surface area (Å²) in [5.41, 5.74) is 0.812. The quantitative estimate of drug-likeness (QED) is 0.863. The van der Waals surface area contributed by atoms with Crippen molar-refractivity contribution >= 4 is 21.9 Å². The molecular formula is C14H20N2O4S. The van der Waals surface area contributed by atoms with Gasteiger partial charge in [0.25, 0.3) is 0 Å². The zero-order valence-electron chi connectivity index (χ0n) is 12.2. The zero-order valence-corrected chi connectivity index (χ0v) is 13.0. The maximum absolute atomic E-state index is 12.4. The Hall–Kier alpha value is -1.60. The summed E-state index contributed by atoms with van der Waals surface area (Å²) in [6, 6.07) is 6.18. The molecule has 116 valence electrons. The molecule has 0 amide bonds. The van der Waals surface area contributed by atoms with Crippen LogP contribution >= 0.6 is 0 Å². The molecule has 1 N–H and O–H groups in total. The van der Waals surface area contributed by atoms with Crippen LogP contribution in [0.25, 0.3) is 0 Å². The minimum atomic E-state index is -3.56. The normalized spacial score (nSPS) is 20.0. The molecule has 21 heavy (non-hydrogen) atoms. The van der Waals surface area contributed by atoms with E-state index in [-0.39, 0.29) is 6.04 Å². The number of methoxy groups -OCH3 is 1. The first-order chi connectivity index (χ1) is 9.94. The van der Waals surface area contributed by atoms with Gasteiger partial charge in [-0.1, -0.05) is 6.42 Å². The molecule has 7 heteroatoms. The van der Waals surface area contributed by atoms with E-state index in [0.29, 0.717) is 17.8 Å². The lowest BCUT2D eigenvalue weighted by molar-refractivity contribution is 0.0601. The second kappa shape index (κ2) is 6.44. The number of benzene rings is 1. The fourth-order valence-corrected chi connectivity index (χ4v) is 3.93. The van der Waals surface area contributed by atoms with Crippen LogP contribution < -0.4 is 4.72 Å². The Morgan fingerprint density at radius 3 is 2.52 bits per heavy atom. The summed E-state index contributed by atoms with van der Waals surface area (Å²) in [6.07, 6.45) is 2.82. The van der Waals surface area contributed by atoms with Gasteiger partial charge in [0.05, 0.1) is 12.7 Å². The summed E-state index contributed by atoms with van der Waals surface area (Å²) in [7, 11) is -2.25. The molecule has 1 unspecified atom stereocenters. The van der Waals surface area contributed by atoms with Crippen molar-refractivity contribution in [1.29, 1.82) is 0 Å². The van der Waals surface area contributed by atoms with Gasteiger partial charge in [0.2, 0.25) is 0 Å². The number of esters is 1. The van der Waals surface area contributed by atoms with Gasteiger partial charge >= 0.3 is 16.2 Å². The van der Waals surface area contributed by atoms with Gasteiger partial charge in [0.1, 0.15) is 0 Å². The molecule has 2 rings (SSSR count). The number of rotatable bonds is 4. The number of carbonyl (C=O) groups is 1. The van der Waals surface area contributed by atoms with Crippen LogP contribution in [0, 0.1) is 0 Å². The van der Waals surface area contributed by atoms with Crippen LogP contribution in [-0.4, -0.2) is 38.4 Å². The predicted molar refractivity (Wildman–Crippen MR) is 80.3 cm³/mol. The van der Waals surface area contributed by atoms with E-state index in [0.717, 1.165) is 19.3 Å². The Morgan fingerprint density at radius 1 is 1.29 bits per heavy atom. The molecule has 1 aromatic carbocycles. The average Bonchev–Trinajstić information content (AvgIpc) is 2.47. The zero-order chi connectivity index (χ0) is 15.5. The highest BCUT2D eigenvalue weighted by atomic mass is 32.2. The molecule has 6 nitrogen and oxygen atoms in total. The molecule has 0 bridgehead atoms. The summed E-state index contributed by atoms with van der Waals surface area (Å²) in [5.74, 6) is -0.450. The highest BCUT2D eigenvalue weighted by Crippen LogP contribution is 2.22. The Morgan fingerprint density at radius 2 is 1.95 bits per heavy atom. The highest BCUT2D eigenvalue weighted by molar-refractivity contribution is 7.90. The lowest BCUT2D eigenvalue weighted by atomic mass is 10.1. The van der Waals surface area contributed by atoms with Gasteiger partial charge in [0.15, 0.2) is 0 Å². The lowest BCUT2D eigenvalue weighted by Crippen LogP contribution is -2.44. The maximum atomic E-state index is 12.4. The molecule has 0 radical (unpaired) electrons. The second-order valence-electron chi connectivity index (χ2n) is 5.13. The molecular weight excluding hydrogens is 292 g/mol. The summed E-state index contributed by atoms with van der Waals surface area (Å²) in [4.78, 5) is 11.3. The van der Waals surface area contributed by atoms with Crippen LogP contribution in [0.2, 0.25) is 0 Å². The van der Waals surface area contributed by atoms with Gasteiger partial charge < -0.3 is 4.74 Å². The molecule has 1 saturated heterocycles. The van der Waals surface area contributed by atoms with Crippen molar-refractivity contribution < 1.29 is 17.9 Å². The topological polar surface area (TPSA) is 75.7 Å². The van der Waals surface area contributed by atoms with Crippen LogP contribution in [0.1, 0.15) is 36.5 Å². The molecule has 0 spiro atoms. The van der Waals surface area contributed by atoms with Crippen molar-refractivity contribution in [3.63, 3.8) is 0 Å². The molecule has 1 aromatic rings. The molecule has 0 aromatic heterocycles. The molecule has 1 atom stereocenters. The first kappa shape index (κ1) is 15.8. The van der Waals surface area contributed by atoms with Crippen LogP contribution in [0.5, 0.6) is 0 Å². The van der Waals surface area contributed by atoms with Crippen LogP contribution in [-0.2, 0) is 14.9 Å².